The Balaban J connectivity index is 1.01. The van der Waals surface area contributed by atoms with Crippen LogP contribution in [0.25, 0.3) is 83.1 Å². The van der Waals surface area contributed by atoms with Crippen LogP contribution >= 0.6 is 0 Å². The maximum absolute atomic E-state index is 2.37. The first kappa shape index (κ1) is 36.8. The minimum Gasteiger partial charge on any atom is -0.310 e. The van der Waals surface area contributed by atoms with Gasteiger partial charge in [-0.1, -0.05) is 188 Å². The van der Waals surface area contributed by atoms with Crippen molar-refractivity contribution in [3.8, 4) is 61.3 Å². The molecule has 0 fully saturated rings. The van der Waals surface area contributed by atoms with Crippen LogP contribution in [-0.2, 0) is 0 Å². The molecule has 0 aliphatic carbocycles. The highest BCUT2D eigenvalue weighted by Gasteiger charge is 2.20. The number of nitrogens with zero attached hydrogens (tertiary/aromatic N) is 2. The van der Waals surface area contributed by atoms with Gasteiger partial charge < -0.3 is 9.47 Å². The Hall–Kier alpha value is -8.20. The van der Waals surface area contributed by atoms with Gasteiger partial charge in [0.15, 0.2) is 0 Å². The zero-order chi connectivity index (χ0) is 41.2. The highest BCUT2D eigenvalue weighted by molar-refractivity contribution is 6.10. The van der Waals surface area contributed by atoms with Crippen LogP contribution < -0.4 is 4.90 Å². The van der Waals surface area contributed by atoms with E-state index in [9.17, 15) is 0 Å². The number of rotatable bonds is 9. The van der Waals surface area contributed by atoms with Gasteiger partial charge in [-0.2, -0.15) is 0 Å². The summed E-state index contributed by atoms with van der Waals surface area (Å²) in [7, 11) is 0. The van der Waals surface area contributed by atoms with Gasteiger partial charge in [-0.3, -0.25) is 0 Å². The Bertz CT molecular complexity index is 3310. The number of hydrogen-bond acceptors (Lipinski definition) is 1. The van der Waals surface area contributed by atoms with Crippen molar-refractivity contribution in [2.75, 3.05) is 4.90 Å². The minimum atomic E-state index is 1.09. The molecule has 0 saturated heterocycles. The summed E-state index contributed by atoms with van der Waals surface area (Å²) in [6.45, 7) is 0. The molecule has 0 aliphatic rings. The Labute approximate surface area is 362 Å². The predicted octanol–water partition coefficient (Wildman–Crippen LogP) is 16.6. The van der Waals surface area contributed by atoms with E-state index in [-0.39, 0.29) is 0 Å². The van der Waals surface area contributed by atoms with Gasteiger partial charge in [0.2, 0.25) is 0 Å². The summed E-state index contributed by atoms with van der Waals surface area (Å²) in [5.41, 5.74) is 18.8. The molecule has 0 spiro atoms. The maximum Gasteiger partial charge on any atom is 0.0541 e. The van der Waals surface area contributed by atoms with Gasteiger partial charge >= 0.3 is 0 Å². The molecule has 10 aromatic carbocycles. The van der Waals surface area contributed by atoms with Crippen LogP contribution in [0.1, 0.15) is 0 Å². The average molecular weight is 791 g/mol. The van der Waals surface area contributed by atoms with Crippen molar-refractivity contribution in [2.24, 2.45) is 0 Å². The predicted molar refractivity (Wildman–Crippen MR) is 263 cm³/mol. The summed E-state index contributed by atoms with van der Waals surface area (Å²) in [4.78, 5) is 2.36. The fraction of sp³-hybridized carbons (Fsp3) is 0. The molecular formula is C60H42N2. The molecule has 0 aliphatic heterocycles. The second-order valence-corrected chi connectivity index (χ2v) is 15.7. The summed E-state index contributed by atoms with van der Waals surface area (Å²) in [6, 6.07) is 92.0. The van der Waals surface area contributed by atoms with Crippen LogP contribution in [0.5, 0.6) is 0 Å². The first-order valence-corrected chi connectivity index (χ1v) is 21.3. The molecular weight excluding hydrogens is 749 g/mol. The molecule has 11 rings (SSSR count). The van der Waals surface area contributed by atoms with Crippen LogP contribution in [-0.4, -0.2) is 4.57 Å². The van der Waals surface area contributed by atoms with E-state index in [1.165, 1.54) is 66.3 Å². The molecule has 1 aromatic heterocycles. The fourth-order valence-corrected chi connectivity index (χ4v) is 9.16. The molecule has 2 heteroatoms. The summed E-state index contributed by atoms with van der Waals surface area (Å²) in [6.07, 6.45) is 0. The largest absolute Gasteiger partial charge is 0.310 e. The molecule has 0 atom stereocenters. The molecule has 292 valence electrons. The molecule has 0 N–H and O–H groups in total. The number of aromatic nitrogens is 1. The third kappa shape index (κ3) is 6.74. The van der Waals surface area contributed by atoms with Crippen molar-refractivity contribution < 1.29 is 0 Å². The van der Waals surface area contributed by atoms with E-state index in [2.05, 4.69) is 264 Å². The van der Waals surface area contributed by atoms with Gasteiger partial charge in [0, 0.05) is 33.5 Å². The minimum absolute atomic E-state index is 1.09. The van der Waals surface area contributed by atoms with Gasteiger partial charge in [-0.25, -0.2) is 0 Å². The number of anilines is 3. The van der Waals surface area contributed by atoms with Gasteiger partial charge in [-0.05, 0) is 122 Å². The molecule has 0 radical (unpaired) electrons. The topological polar surface area (TPSA) is 8.17 Å². The van der Waals surface area contributed by atoms with Crippen molar-refractivity contribution in [3.05, 3.63) is 255 Å². The highest BCUT2D eigenvalue weighted by atomic mass is 15.1. The fourth-order valence-electron chi connectivity index (χ4n) is 9.16. The third-order valence-electron chi connectivity index (χ3n) is 12.0. The molecule has 0 saturated carbocycles. The molecule has 1 heterocycles. The second-order valence-electron chi connectivity index (χ2n) is 15.7. The highest BCUT2D eigenvalue weighted by Crippen LogP contribution is 2.45. The number of fused-ring (bicyclic) bond motifs is 3. The lowest BCUT2D eigenvalue weighted by Crippen LogP contribution is -2.09. The Morgan fingerprint density at radius 3 is 1.42 bits per heavy atom. The molecule has 62 heavy (non-hydrogen) atoms. The lowest BCUT2D eigenvalue weighted by atomic mass is 9.84. The lowest BCUT2D eigenvalue weighted by Gasteiger charge is -2.26. The maximum atomic E-state index is 2.37. The van der Waals surface area contributed by atoms with Crippen LogP contribution in [0.15, 0.2) is 255 Å². The molecule has 0 bridgehead atoms. The molecule has 2 nitrogen and oxygen atoms in total. The molecule has 11 aromatic rings. The number of para-hydroxylation sites is 3. The summed E-state index contributed by atoms with van der Waals surface area (Å²) in [5.74, 6) is 0. The SMILES string of the molecule is c1ccc(-c2ccccc2-c2c(-c3ccccc3)cccc2-c2ccc(N(c3ccccc3)c3cccc(-c4ccc5c(c4)c4ccccc4n5-c4ccccc4)c3)cc2)cc1. The first-order valence-electron chi connectivity index (χ1n) is 21.3. The van der Waals surface area contributed by atoms with Gasteiger partial charge in [0.1, 0.15) is 0 Å². The smallest absolute Gasteiger partial charge is 0.0541 e. The van der Waals surface area contributed by atoms with E-state index in [0.29, 0.717) is 0 Å². The zero-order valence-electron chi connectivity index (χ0n) is 34.1. The zero-order valence-corrected chi connectivity index (χ0v) is 34.1. The Morgan fingerprint density at radius 1 is 0.258 bits per heavy atom. The number of benzene rings is 10. The summed E-state index contributed by atoms with van der Waals surface area (Å²) < 4.78 is 2.37. The average Bonchev–Trinajstić information content (AvgIpc) is 3.69. The van der Waals surface area contributed by atoms with Crippen molar-refractivity contribution in [1.82, 2.24) is 4.57 Å². The monoisotopic (exact) mass is 790 g/mol. The van der Waals surface area contributed by atoms with E-state index in [1.807, 2.05) is 0 Å². The van der Waals surface area contributed by atoms with E-state index < -0.39 is 0 Å². The van der Waals surface area contributed by atoms with Gasteiger partial charge in [0.05, 0.1) is 11.0 Å². The standard InChI is InChI=1S/C60H42N2/c1-5-19-43(20-6-1)52-29-13-14-31-56(52)60-53(44-21-7-2-8-22-44)32-18-33-54(60)45-35-38-50(39-36-45)61(48-24-9-3-10-25-48)51-28-17-23-46(41-51)47-37-40-59-57(42-47)55-30-15-16-34-58(55)62(59)49-26-11-4-12-27-49/h1-42H. The normalized spacial score (nSPS) is 11.2. The van der Waals surface area contributed by atoms with E-state index in [4.69, 9.17) is 0 Å². The second kappa shape index (κ2) is 16.1. The molecule has 0 unspecified atom stereocenters. The van der Waals surface area contributed by atoms with Crippen LogP contribution in [0.2, 0.25) is 0 Å². The first-order chi connectivity index (χ1) is 30.8. The summed E-state index contributed by atoms with van der Waals surface area (Å²) >= 11 is 0. The van der Waals surface area contributed by atoms with Crippen molar-refractivity contribution in [2.45, 2.75) is 0 Å². The van der Waals surface area contributed by atoms with Crippen LogP contribution in [0.4, 0.5) is 17.1 Å². The lowest BCUT2D eigenvalue weighted by molar-refractivity contribution is 1.18. The quantitative estimate of drug-likeness (QED) is 0.141. The van der Waals surface area contributed by atoms with Crippen LogP contribution in [0.3, 0.4) is 0 Å². The van der Waals surface area contributed by atoms with E-state index >= 15 is 0 Å². The number of hydrogen-bond donors (Lipinski definition) is 0. The van der Waals surface area contributed by atoms with Crippen molar-refractivity contribution in [1.29, 1.82) is 0 Å². The third-order valence-corrected chi connectivity index (χ3v) is 12.0. The molecule has 0 amide bonds. The van der Waals surface area contributed by atoms with Crippen molar-refractivity contribution in [3.63, 3.8) is 0 Å². The van der Waals surface area contributed by atoms with Gasteiger partial charge in [0.25, 0.3) is 0 Å². The Kier molecular flexibility index (Phi) is 9.57. The summed E-state index contributed by atoms with van der Waals surface area (Å²) in [5, 5.41) is 2.49. The van der Waals surface area contributed by atoms with E-state index in [0.717, 1.165) is 33.9 Å². The van der Waals surface area contributed by atoms with Gasteiger partial charge in [-0.15, -0.1) is 0 Å². The Morgan fingerprint density at radius 2 is 0.710 bits per heavy atom. The van der Waals surface area contributed by atoms with Crippen LogP contribution in [0, 0.1) is 0 Å². The van der Waals surface area contributed by atoms with Crippen molar-refractivity contribution >= 4 is 38.9 Å². The van der Waals surface area contributed by atoms with E-state index in [1.54, 1.807) is 0 Å².